The molecule has 1 aromatic heterocycles. The highest BCUT2D eigenvalue weighted by molar-refractivity contribution is 5.81. The third-order valence-electron chi connectivity index (χ3n) is 4.69. The summed E-state index contributed by atoms with van der Waals surface area (Å²) in [6.07, 6.45) is 3.95. The van der Waals surface area contributed by atoms with E-state index in [1.54, 1.807) is 21.7 Å². The number of piperidine rings is 1. The zero-order chi connectivity index (χ0) is 19.9. The minimum Gasteiger partial charge on any atom is -0.357 e. The smallest absolute Gasteiger partial charge is 0.222 e. The van der Waals surface area contributed by atoms with Gasteiger partial charge in [0.1, 0.15) is 5.82 Å². The lowest BCUT2D eigenvalue weighted by Crippen LogP contribution is -2.51. The second kappa shape index (κ2) is 9.34. The molecule has 2 heterocycles. The van der Waals surface area contributed by atoms with Crippen LogP contribution < -0.4 is 10.6 Å². The Balaban J connectivity index is 1.55. The Morgan fingerprint density at radius 1 is 1.32 bits per heavy atom. The van der Waals surface area contributed by atoms with Gasteiger partial charge in [0.05, 0.1) is 11.4 Å². The van der Waals surface area contributed by atoms with Crippen molar-refractivity contribution in [2.45, 2.75) is 32.2 Å². The second-order valence-corrected chi connectivity index (χ2v) is 6.89. The minimum absolute atomic E-state index is 0.191. The molecule has 8 heteroatoms. The maximum Gasteiger partial charge on any atom is 0.222 e. The molecule has 0 radical (unpaired) electrons. The van der Waals surface area contributed by atoms with Crippen LogP contribution in [0.2, 0.25) is 0 Å². The number of guanidine groups is 1. The number of likely N-dealkylation sites (tertiary alicyclic amines) is 1. The number of halogens is 1. The summed E-state index contributed by atoms with van der Waals surface area (Å²) in [6, 6.07) is 8.39. The summed E-state index contributed by atoms with van der Waals surface area (Å²) in [5.74, 6) is 0.687. The first-order valence-corrected chi connectivity index (χ1v) is 9.64. The van der Waals surface area contributed by atoms with Crippen molar-refractivity contribution in [3.05, 3.63) is 48.0 Å². The minimum atomic E-state index is -0.262. The van der Waals surface area contributed by atoms with Gasteiger partial charge in [-0.1, -0.05) is 0 Å². The van der Waals surface area contributed by atoms with Crippen LogP contribution in [0.5, 0.6) is 0 Å². The molecule has 1 fully saturated rings. The van der Waals surface area contributed by atoms with Crippen LogP contribution >= 0.6 is 0 Å². The van der Waals surface area contributed by atoms with E-state index in [-0.39, 0.29) is 17.8 Å². The van der Waals surface area contributed by atoms with Gasteiger partial charge in [0, 0.05) is 51.8 Å². The van der Waals surface area contributed by atoms with Crippen molar-refractivity contribution in [1.82, 2.24) is 25.3 Å². The number of rotatable bonds is 6. The van der Waals surface area contributed by atoms with E-state index in [2.05, 4.69) is 20.7 Å². The van der Waals surface area contributed by atoms with Gasteiger partial charge in [-0.25, -0.2) is 9.07 Å². The lowest BCUT2D eigenvalue weighted by Gasteiger charge is -2.31. The number of aromatic nitrogens is 2. The van der Waals surface area contributed by atoms with Crippen LogP contribution in [0.4, 0.5) is 4.39 Å². The van der Waals surface area contributed by atoms with Crippen LogP contribution in [0.25, 0.3) is 5.69 Å². The van der Waals surface area contributed by atoms with Gasteiger partial charge < -0.3 is 15.5 Å². The van der Waals surface area contributed by atoms with Gasteiger partial charge in [-0.3, -0.25) is 9.79 Å². The predicted octanol–water partition coefficient (Wildman–Crippen LogP) is 1.73. The van der Waals surface area contributed by atoms with Gasteiger partial charge in [-0.05, 0) is 43.7 Å². The summed E-state index contributed by atoms with van der Waals surface area (Å²) >= 11 is 0. The Bertz CT molecular complexity index is 816. The lowest BCUT2D eigenvalue weighted by atomic mass is 10.1. The van der Waals surface area contributed by atoms with Crippen molar-refractivity contribution in [3.63, 3.8) is 0 Å². The average Bonchev–Trinajstić information content (AvgIpc) is 3.14. The molecule has 1 aliphatic heterocycles. The Labute approximate surface area is 164 Å². The number of carbonyl (C=O) groups is 1. The third-order valence-corrected chi connectivity index (χ3v) is 4.69. The maximum absolute atomic E-state index is 13.0. The third kappa shape index (κ3) is 5.31. The van der Waals surface area contributed by atoms with E-state index < -0.39 is 0 Å². The number of likely N-dealkylation sites (N-methyl/N-ethyl adjacent to an activating group) is 1. The standard InChI is InChI=1S/C20H27FN6O/c1-3-22-20(24-17-6-9-19(28)26(2)14-17)23-12-10-16-11-13-27(25-16)18-7-4-15(21)5-8-18/h4-5,7-8,11,13,17H,3,6,9-10,12,14H2,1-2H3,(H2,22,23,24). The number of amides is 1. The first-order valence-electron chi connectivity index (χ1n) is 9.64. The van der Waals surface area contributed by atoms with Gasteiger partial charge in [-0.15, -0.1) is 0 Å². The topological polar surface area (TPSA) is 74.5 Å². The van der Waals surface area contributed by atoms with Crippen molar-refractivity contribution in [2.24, 2.45) is 4.99 Å². The van der Waals surface area contributed by atoms with Gasteiger partial charge in [0.15, 0.2) is 5.96 Å². The maximum atomic E-state index is 13.0. The second-order valence-electron chi connectivity index (χ2n) is 6.89. The number of benzene rings is 1. The van der Waals surface area contributed by atoms with E-state index in [4.69, 9.17) is 0 Å². The highest BCUT2D eigenvalue weighted by atomic mass is 19.1. The molecule has 1 atom stereocenters. The van der Waals surface area contributed by atoms with Crippen LogP contribution in [0.1, 0.15) is 25.5 Å². The summed E-state index contributed by atoms with van der Waals surface area (Å²) in [7, 11) is 1.83. The van der Waals surface area contributed by atoms with E-state index in [1.165, 1.54) is 12.1 Å². The summed E-state index contributed by atoms with van der Waals surface area (Å²) in [5.41, 5.74) is 1.74. The molecule has 3 rings (SSSR count). The molecule has 2 N–H and O–H groups in total. The molecule has 150 valence electrons. The number of hydrogen-bond acceptors (Lipinski definition) is 3. The van der Waals surface area contributed by atoms with Gasteiger partial charge in [0.2, 0.25) is 5.91 Å². The molecule has 1 aliphatic rings. The van der Waals surface area contributed by atoms with E-state index in [0.29, 0.717) is 25.9 Å². The zero-order valence-corrected chi connectivity index (χ0v) is 16.4. The van der Waals surface area contributed by atoms with Crippen LogP contribution in [-0.2, 0) is 11.2 Å². The van der Waals surface area contributed by atoms with E-state index in [9.17, 15) is 9.18 Å². The summed E-state index contributed by atoms with van der Waals surface area (Å²) in [4.78, 5) is 18.0. The Morgan fingerprint density at radius 3 is 2.82 bits per heavy atom. The Hall–Kier alpha value is -2.90. The van der Waals surface area contributed by atoms with Crippen molar-refractivity contribution in [2.75, 3.05) is 26.7 Å². The normalized spacial score (nSPS) is 17.7. The Morgan fingerprint density at radius 2 is 2.11 bits per heavy atom. The fourth-order valence-electron chi connectivity index (χ4n) is 3.16. The first-order chi connectivity index (χ1) is 13.5. The molecule has 1 amide bonds. The number of hydrogen-bond donors (Lipinski definition) is 2. The van der Waals surface area contributed by atoms with Crippen molar-refractivity contribution < 1.29 is 9.18 Å². The summed E-state index contributed by atoms with van der Waals surface area (Å²) in [5, 5.41) is 11.2. The molecule has 1 aromatic carbocycles. The molecule has 28 heavy (non-hydrogen) atoms. The van der Waals surface area contributed by atoms with Crippen LogP contribution in [-0.4, -0.2) is 59.3 Å². The molecule has 0 spiro atoms. The highest BCUT2D eigenvalue weighted by Crippen LogP contribution is 2.10. The molecular formula is C20H27FN6O. The fourth-order valence-corrected chi connectivity index (χ4v) is 3.16. The Kier molecular flexibility index (Phi) is 6.62. The number of carbonyl (C=O) groups excluding carboxylic acids is 1. The quantitative estimate of drug-likeness (QED) is 0.586. The molecule has 7 nitrogen and oxygen atoms in total. The van der Waals surface area contributed by atoms with E-state index in [0.717, 1.165) is 30.3 Å². The molecule has 1 unspecified atom stereocenters. The summed E-state index contributed by atoms with van der Waals surface area (Å²) < 4.78 is 14.8. The largest absolute Gasteiger partial charge is 0.357 e. The van der Waals surface area contributed by atoms with Crippen LogP contribution in [0.3, 0.4) is 0 Å². The molecule has 1 saturated heterocycles. The number of nitrogens with zero attached hydrogens (tertiary/aromatic N) is 4. The fraction of sp³-hybridized carbons (Fsp3) is 0.450. The number of nitrogens with one attached hydrogen (secondary N) is 2. The summed E-state index contributed by atoms with van der Waals surface area (Å²) in [6.45, 7) is 4.08. The van der Waals surface area contributed by atoms with Crippen LogP contribution in [0, 0.1) is 5.82 Å². The monoisotopic (exact) mass is 386 g/mol. The van der Waals surface area contributed by atoms with Gasteiger partial charge >= 0.3 is 0 Å². The molecule has 0 saturated carbocycles. The van der Waals surface area contributed by atoms with Crippen molar-refractivity contribution >= 4 is 11.9 Å². The molecule has 2 aromatic rings. The van der Waals surface area contributed by atoms with Gasteiger partial charge in [-0.2, -0.15) is 5.10 Å². The predicted molar refractivity (Wildman–Crippen MR) is 107 cm³/mol. The van der Waals surface area contributed by atoms with Crippen LogP contribution in [0.15, 0.2) is 41.5 Å². The zero-order valence-electron chi connectivity index (χ0n) is 16.4. The molecular weight excluding hydrogens is 359 g/mol. The highest BCUT2D eigenvalue weighted by Gasteiger charge is 2.23. The SMILES string of the molecule is CCNC(=NCCc1ccn(-c2ccc(F)cc2)n1)NC1CCC(=O)N(C)C1. The molecule has 0 bridgehead atoms. The number of aliphatic imine (C=N–C) groups is 1. The van der Waals surface area contributed by atoms with Crippen molar-refractivity contribution in [3.8, 4) is 5.69 Å². The van der Waals surface area contributed by atoms with Gasteiger partial charge in [0.25, 0.3) is 0 Å². The molecule has 0 aliphatic carbocycles. The first kappa shape index (κ1) is 19.9. The average molecular weight is 386 g/mol. The lowest BCUT2D eigenvalue weighted by molar-refractivity contribution is -0.132. The van der Waals surface area contributed by atoms with E-state index in [1.807, 2.05) is 26.2 Å². The van der Waals surface area contributed by atoms with E-state index >= 15 is 0 Å². The van der Waals surface area contributed by atoms with Crippen molar-refractivity contribution in [1.29, 1.82) is 0 Å².